The quantitative estimate of drug-likeness (QED) is 0.292. The van der Waals surface area contributed by atoms with Crippen LogP contribution in [0.25, 0.3) is 0 Å². The maximum absolute atomic E-state index is 11.0. The van der Waals surface area contributed by atoms with Gasteiger partial charge in [-0.05, 0) is 0 Å². The number of carboxylic acids is 1. The van der Waals surface area contributed by atoms with Crippen molar-refractivity contribution in [2.45, 2.75) is 25.9 Å². The molecule has 10 heteroatoms. The molecule has 0 bridgehead atoms. The monoisotopic (exact) mass is 342 g/mol. The highest BCUT2D eigenvalue weighted by Gasteiger charge is 2.21. The summed E-state index contributed by atoms with van der Waals surface area (Å²) in [5.74, 6) is -1.93. The fourth-order valence-electron chi connectivity index (χ4n) is 1.36. The molecule has 0 aromatic heterocycles. The van der Waals surface area contributed by atoms with Crippen LogP contribution in [0.4, 0.5) is 0 Å². The molecule has 0 rings (SSSR count). The number of ether oxygens (including phenoxy) is 1. The zero-order valence-corrected chi connectivity index (χ0v) is 14.3. The van der Waals surface area contributed by atoms with E-state index >= 15 is 0 Å². The summed E-state index contributed by atoms with van der Waals surface area (Å²) >= 11 is 0. The van der Waals surface area contributed by atoms with Crippen LogP contribution in [0.15, 0.2) is 0 Å². The van der Waals surface area contributed by atoms with Gasteiger partial charge in [0.25, 0.3) is 10.1 Å². The standard InChI is InChI=1S/C10H19NO4.C2H7NO3S/c1-5-10(14)15-8(6-9(12)13)7-11(2,3)4;3-1-2-7(4,5)6/h8H,5-7H2,1-4H3;1-3H2,(H,4,5,6). The van der Waals surface area contributed by atoms with Gasteiger partial charge < -0.3 is 24.9 Å². The average molecular weight is 342 g/mol. The normalized spacial score (nSPS) is 12.8. The van der Waals surface area contributed by atoms with Gasteiger partial charge in [0.1, 0.15) is 6.54 Å². The number of aliphatic carboxylic acids is 1. The Bertz CT molecular complexity index is 443. The van der Waals surface area contributed by atoms with Crippen LogP contribution in [0, 0.1) is 0 Å². The first-order valence-electron chi connectivity index (χ1n) is 6.65. The number of nitrogens with two attached hydrogens (primary N) is 1. The number of carboxylic acid groups (broad SMARTS) is 1. The minimum absolute atomic E-state index is 0.0289. The molecular weight excluding hydrogens is 316 g/mol. The van der Waals surface area contributed by atoms with Gasteiger partial charge in [0, 0.05) is 25.4 Å². The maximum atomic E-state index is 11.0. The van der Waals surface area contributed by atoms with E-state index in [4.69, 9.17) is 15.0 Å². The number of carbonyl (C=O) groups is 2. The van der Waals surface area contributed by atoms with Gasteiger partial charge in [0.05, 0.1) is 26.9 Å². The van der Waals surface area contributed by atoms with Crippen molar-refractivity contribution in [3.05, 3.63) is 0 Å². The Morgan fingerprint density at radius 1 is 1.32 bits per heavy atom. The van der Waals surface area contributed by atoms with Crippen LogP contribution in [-0.4, -0.2) is 75.5 Å². The molecule has 3 N–H and O–H groups in total. The van der Waals surface area contributed by atoms with Gasteiger partial charge >= 0.3 is 5.97 Å². The first-order valence-corrected chi connectivity index (χ1v) is 8.26. The predicted octanol–water partition coefficient (Wildman–Crippen LogP) is -2.01. The summed E-state index contributed by atoms with van der Waals surface area (Å²) in [4.78, 5) is 21.5. The third-order valence-corrected chi connectivity index (χ3v) is 2.86. The molecule has 0 saturated carbocycles. The molecule has 0 aliphatic rings. The van der Waals surface area contributed by atoms with Crippen molar-refractivity contribution in [1.29, 1.82) is 0 Å². The van der Waals surface area contributed by atoms with Gasteiger partial charge in [0.2, 0.25) is 0 Å². The lowest BCUT2D eigenvalue weighted by atomic mass is 10.2. The second kappa shape index (κ2) is 10.5. The molecule has 9 nitrogen and oxygen atoms in total. The molecular formula is C12H26N2O7S. The van der Waals surface area contributed by atoms with E-state index in [2.05, 4.69) is 0 Å². The Kier molecular flexibility index (Phi) is 11.0. The van der Waals surface area contributed by atoms with Crippen LogP contribution < -0.4 is 10.8 Å². The second-order valence-corrected chi connectivity index (χ2v) is 7.16. The summed E-state index contributed by atoms with van der Waals surface area (Å²) in [6, 6.07) is 0. The van der Waals surface area contributed by atoms with Gasteiger partial charge in [0.15, 0.2) is 6.10 Å². The third-order valence-electron chi connectivity index (χ3n) is 2.11. The van der Waals surface area contributed by atoms with E-state index in [1.807, 2.05) is 21.1 Å². The molecule has 0 fully saturated rings. The SMILES string of the molecule is CCC(=O)OC(CC(=O)[O-])C[N+](C)(C)C.NCCS(=O)(=O)O. The lowest BCUT2D eigenvalue weighted by Gasteiger charge is -2.29. The van der Waals surface area contributed by atoms with Crippen LogP contribution >= 0.6 is 0 Å². The Morgan fingerprint density at radius 2 is 1.82 bits per heavy atom. The molecule has 0 aromatic rings. The van der Waals surface area contributed by atoms with Crippen molar-refractivity contribution >= 4 is 22.1 Å². The number of quaternary nitrogens is 1. The zero-order chi connectivity index (χ0) is 18.0. The number of nitrogens with zero attached hydrogens (tertiary/aromatic N) is 1. The molecule has 0 aliphatic carbocycles. The maximum Gasteiger partial charge on any atom is 0.306 e. The van der Waals surface area contributed by atoms with Gasteiger partial charge in [-0.2, -0.15) is 8.42 Å². The largest absolute Gasteiger partial charge is 0.550 e. The zero-order valence-electron chi connectivity index (χ0n) is 13.4. The molecule has 0 radical (unpaired) electrons. The summed E-state index contributed by atoms with van der Waals surface area (Å²) < 4.78 is 32.9. The molecule has 0 aromatic carbocycles. The van der Waals surface area contributed by atoms with E-state index in [-0.39, 0.29) is 31.1 Å². The minimum atomic E-state index is -3.80. The third kappa shape index (κ3) is 18.8. The van der Waals surface area contributed by atoms with Crippen LogP contribution in [-0.2, 0) is 24.4 Å². The van der Waals surface area contributed by atoms with Crippen LogP contribution in [0.2, 0.25) is 0 Å². The van der Waals surface area contributed by atoms with Gasteiger partial charge in [-0.15, -0.1) is 0 Å². The highest BCUT2D eigenvalue weighted by molar-refractivity contribution is 7.85. The van der Waals surface area contributed by atoms with Crippen molar-refractivity contribution in [2.75, 3.05) is 40.0 Å². The van der Waals surface area contributed by atoms with Gasteiger partial charge in [-0.25, -0.2) is 0 Å². The average Bonchev–Trinajstić information content (AvgIpc) is 2.24. The lowest BCUT2D eigenvalue weighted by Crippen LogP contribution is -2.45. The van der Waals surface area contributed by atoms with E-state index in [0.29, 0.717) is 11.0 Å². The van der Waals surface area contributed by atoms with E-state index in [1.54, 1.807) is 6.92 Å². The van der Waals surface area contributed by atoms with Crippen LogP contribution in [0.5, 0.6) is 0 Å². The number of carbonyl (C=O) groups excluding carboxylic acids is 2. The van der Waals surface area contributed by atoms with E-state index in [9.17, 15) is 23.1 Å². The highest BCUT2D eigenvalue weighted by Crippen LogP contribution is 2.05. The highest BCUT2D eigenvalue weighted by atomic mass is 32.2. The van der Waals surface area contributed by atoms with E-state index in [1.165, 1.54) is 0 Å². The Morgan fingerprint density at radius 3 is 2.05 bits per heavy atom. The molecule has 132 valence electrons. The molecule has 1 atom stereocenters. The van der Waals surface area contributed by atoms with Crippen molar-refractivity contribution in [3.8, 4) is 0 Å². The molecule has 0 heterocycles. The Labute approximate surface area is 131 Å². The Hall–Kier alpha value is -1.23. The van der Waals surface area contributed by atoms with Crippen molar-refractivity contribution in [1.82, 2.24) is 0 Å². The molecule has 0 amide bonds. The fourth-order valence-corrected chi connectivity index (χ4v) is 1.66. The van der Waals surface area contributed by atoms with E-state index < -0.39 is 22.2 Å². The predicted molar refractivity (Wildman–Crippen MR) is 78.2 cm³/mol. The van der Waals surface area contributed by atoms with E-state index in [0.717, 1.165) is 0 Å². The smallest absolute Gasteiger partial charge is 0.306 e. The minimum Gasteiger partial charge on any atom is -0.550 e. The van der Waals surface area contributed by atoms with Crippen molar-refractivity contribution in [3.63, 3.8) is 0 Å². The number of esters is 1. The van der Waals surface area contributed by atoms with Gasteiger partial charge in [-0.3, -0.25) is 9.35 Å². The summed E-state index contributed by atoms with van der Waals surface area (Å²) in [5.41, 5.74) is 4.78. The molecule has 0 aliphatic heterocycles. The lowest BCUT2D eigenvalue weighted by molar-refractivity contribution is -0.873. The first kappa shape index (κ1) is 23.0. The number of hydrogen-bond acceptors (Lipinski definition) is 7. The molecule has 0 saturated heterocycles. The van der Waals surface area contributed by atoms with Crippen molar-refractivity contribution < 1.29 is 36.9 Å². The summed E-state index contributed by atoms with van der Waals surface area (Å²) in [5, 5.41) is 10.5. The van der Waals surface area contributed by atoms with Gasteiger partial charge in [-0.1, -0.05) is 6.92 Å². The van der Waals surface area contributed by atoms with Crippen LogP contribution in [0.3, 0.4) is 0 Å². The number of hydrogen-bond donors (Lipinski definition) is 2. The topological polar surface area (TPSA) is 147 Å². The first-order chi connectivity index (χ1) is 9.80. The number of rotatable bonds is 8. The fraction of sp³-hybridized carbons (Fsp3) is 0.833. The molecule has 1 unspecified atom stereocenters. The van der Waals surface area contributed by atoms with Crippen LogP contribution in [0.1, 0.15) is 19.8 Å². The summed E-state index contributed by atoms with van der Waals surface area (Å²) in [7, 11) is 1.92. The molecule has 0 spiro atoms. The molecule has 22 heavy (non-hydrogen) atoms. The number of likely N-dealkylation sites (N-methyl/N-ethyl adjacent to an activating group) is 1. The summed E-state index contributed by atoms with van der Waals surface area (Å²) in [6.07, 6.45) is -0.607. The summed E-state index contributed by atoms with van der Waals surface area (Å²) in [6.45, 7) is 2.10. The second-order valence-electron chi connectivity index (χ2n) is 5.59. The van der Waals surface area contributed by atoms with Crippen molar-refractivity contribution in [2.24, 2.45) is 5.73 Å². The Balaban J connectivity index is 0.